The smallest absolute Gasteiger partial charge is 0.245 e. The summed E-state index contributed by atoms with van der Waals surface area (Å²) >= 11 is 3.35. The van der Waals surface area contributed by atoms with Crippen LogP contribution in [0.15, 0.2) is 41.1 Å². The quantitative estimate of drug-likeness (QED) is 0.924. The molecule has 1 amide bonds. The minimum atomic E-state index is -0.314. The van der Waals surface area contributed by atoms with Gasteiger partial charge in [-0.05, 0) is 53.2 Å². The van der Waals surface area contributed by atoms with Crippen LogP contribution in [0, 0.1) is 0 Å². The molecule has 0 fully saturated rings. The van der Waals surface area contributed by atoms with Gasteiger partial charge >= 0.3 is 0 Å². The van der Waals surface area contributed by atoms with Crippen molar-refractivity contribution < 1.29 is 4.79 Å². The van der Waals surface area contributed by atoms with Crippen molar-refractivity contribution in [2.24, 2.45) is 0 Å². The molecule has 2 unspecified atom stereocenters. The van der Waals surface area contributed by atoms with E-state index in [1.165, 1.54) is 11.1 Å². The molecule has 1 N–H and O–H groups in total. The molecule has 5 heteroatoms. The summed E-state index contributed by atoms with van der Waals surface area (Å²) in [5.41, 5.74) is 2.61. The van der Waals surface area contributed by atoms with Crippen molar-refractivity contribution in [2.45, 2.75) is 38.3 Å². The molecule has 1 aliphatic rings. The molecular weight excluding hydrogens is 330 g/mol. The number of nitrogens with zero attached hydrogens (tertiary/aromatic N) is 2. The van der Waals surface area contributed by atoms with Crippen molar-refractivity contribution in [3.8, 4) is 0 Å². The number of benzene rings is 1. The molecule has 1 aromatic heterocycles. The van der Waals surface area contributed by atoms with Crippen LogP contribution >= 0.6 is 15.9 Å². The van der Waals surface area contributed by atoms with Gasteiger partial charge in [-0.3, -0.25) is 9.48 Å². The molecule has 0 radical (unpaired) electrons. The van der Waals surface area contributed by atoms with Gasteiger partial charge < -0.3 is 5.32 Å². The summed E-state index contributed by atoms with van der Waals surface area (Å²) in [5, 5.41) is 7.35. The molecule has 2 atom stereocenters. The lowest BCUT2D eigenvalue weighted by atomic mass is 9.87. The van der Waals surface area contributed by atoms with E-state index in [4.69, 9.17) is 0 Å². The van der Waals surface area contributed by atoms with Gasteiger partial charge in [0.25, 0.3) is 0 Å². The number of carbonyl (C=O) groups is 1. The first-order valence-electron chi connectivity index (χ1n) is 7.23. The summed E-state index contributed by atoms with van der Waals surface area (Å²) in [6, 6.07) is 8.18. The largest absolute Gasteiger partial charge is 0.347 e. The monoisotopic (exact) mass is 347 g/mol. The van der Waals surface area contributed by atoms with Gasteiger partial charge in [-0.15, -0.1) is 0 Å². The summed E-state index contributed by atoms with van der Waals surface area (Å²) < 4.78 is 2.55. The maximum Gasteiger partial charge on any atom is 0.245 e. The van der Waals surface area contributed by atoms with Crippen LogP contribution in [0.1, 0.15) is 43.0 Å². The second-order valence-corrected chi connectivity index (χ2v) is 6.38. The second-order valence-electron chi connectivity index (χ2n) is 5.47. The number of hydrogen-bond acceptors (Lipinski definition) is 2. The molecule has 1 aromatic carbocycles. The van der Waals surface area contributed by atoms with Crippen molar-refractivity contribution in [3.05, 3.63) is 52.3 Å². The van der Waals surface area contributed by atoms with Gasteiger partial charge in [0.2, 0.25) is 5.91 Å². The number of halogens is 1. The normalized spacial score (nSPS) is 18.9. The fraction of sp³-hybridized carbons (Fsp3) is 0.375. The fourth-order valence-electron chi connectivity index (χ4n) is 2.84. The number of fused-ring (bicyclic) bond motifs is 1. The molecule has 0 aliphatic heterocycles. The van der Waals surface area contributed by atoms with E-state index in [0.717, 1.165) is 23.7 Å². The van der Waals surface area contributed by atoms with Crippen LogP contribution in [-0.4, -0.2) is 15.7 Å². The average Bonchev–Trinajstić information content (AvgIpc) is 2.93. The van der Waals surface area contributed by atoms with Crippen molar-refractivity contribution >= 4 is 21.8 Å². The third-order valence-corrected chi connectivity index (χ3v) is 4.44. The standard InChI is InChI=1S/C16H18BrN3O/c1-11(20-10-13(17)9-18-20)16(21)19-15-8-4-6-12-5-2-3-7-14(12)15/h2-3,5,7,9-11,15H,4,6,8H2,1H3,(H,19,21). The van der Waals surface area contributed by atoms with Crippen molar-refractivity contribution in [3.63, 3.8) is 0 Å². The molecular formula is C16H18BrN3O. The Morgan fingerprint density at radius 1 is 1.48 bits per heavy atom. The van der Waals surface area contributed by atoms with Gasteiger partial charge in [0.15, 0.2) is 0 Å². The number of aromatic nitrogens is 2. The van der Waals surface area contributed by atoms with E-state index in [2.05, 4.69) is 44.5 Å². The second kappa shape index (κ2) is 6.02. The van der Waals surface area contributed by atoms with Crippen LogP contribution in [0.25, 0.3) is 0 Å². The molecule has 21 heavy (non-hydrogen) atoms. The molecule has 4 nitrogen and oxygen atoms in total. The topological polar surface area (TPSA) is 46.9 Å². The van der Waals surface area contributed by atoms with E-state index in [1.807, 2.05) is 19.2 Å². The van der Waals surface area contributed by atoms with Crippen molar-refractivity contribution in [1.82, 2.24) is 15.1 Å². The zero-order valence-corrected chi connectivity index (χ0v) is 13.5. The highest BCUT2D eigenvalue weighted by Crippen LogP contribution is 2.29. The first kappa shape index (κ1) is 14.3. The highest BCUT2D eigenvalue weighted by atomic mass is 79.9. The summed E-state index contributed by atoms with van der Waals surface area (Å²) in [6.07, 6.45) is 6.73. The Kier molecular flexibility index (Phi) is 4.10. The predicted octanol–water partition coefficient (Wildman–Crippen LogP) is 3.40. The van der Waals surface area contributed by atoms with Crippen LogP contribution in [0.5, 0.6) is 0 Å². The summed E-state index contributed by atoms with van der Waals surface area (Å²) in [4.78, 5) is 12.4. The summed E-state index contributed by atoms with van der Waals surface area (Å²) in [7, 11) is 0. The molecule has 0 spiro atoms. The van der Waals surface area contributed by atoms with Crippen LogP contribution in [-0.2, 0) is 11.2 Å². The van der Waals surface area contributed by atoms with Crippen molar-refractivity contribution in [1.29, 1.82) is 0 Å². The van der Waals surface area contributed by atoms with Gasteiger partial charge in [0.05, 0.1) is 16.7 Å². The number of rotatable bonds is 3. The fourth-order valence-corrected chi connectivity index (χ4v) is 3.14. The number of aryl methyl sites for hydroxylation is 1. The Balaban J connectivity index is 1.74. The van der Waals surface area contributed by atoms with Gasteiger partial charge in [-0.25, -0.2) is 0 Å². The van der Waals surface area contributed by atoms with E-state index >= 15 is 0 Å². The van der Waals surface area contributed by atoms with Gasteiger partial charge in [-0.1, -0.05) is 24.3 Å². The predicted molar refractivity (Wildman–Crippen MR) is 84.9 cm³/mol. The zero-order valence-electron chi connectivity index (χ0n) is 11.9. The van der Waals surface area contributed by atoms with Crippen LogP contribution in [0.4, 0.5) is 0 Å². The molecule has 0 saturated heterocycles. The van der Waals surface area contributed by atoms with Gasteiger partial charge in [0, 0.05) is 6.20 Å². The minimum absolute atomic E-state index is 0.00676. The van der Waals surface area contributed by atoms with Gasteiger partial charge in [0.1, 0.15) is 6.04 Å². The van der Waals surface area contributed by atoms with E-state index in [9.17, 15) is 4.79 Å². The van der Waals surface area contributed by atoms with E-state index in [-0.39, 0.29) is 18.0 Å². The molecule has 1 aliphatic carbocycles. The highest BCUT2D eigenvalue weighted by molar-refractivity contribution is 9.10. The van der Waals surface area contributed by atoms with Crippen LogP contribution in [0.2, 0.25) is 0 Å². The maximum absolute atomic E-state index is 12.4. The van der Waals surface area contributed by atoms with E-state index in [1.54, 1.807) is 10.9 Å². The summed E-state index contributed by atoms with van der Waals surface area (Å²) in [6.45, 7) is 1.86. The van der Waals surface area contributed by atoms with Crippen LogP contribution in [0.3, 0.4) is 0 Å². The number of nitrogens with one attached hydrogen (secondary N) is 1. The molecule has 0 bridgehead atoms. The van der Waals surface area contributed by atoms with Crippen molar-refractivity contribution in [2.75, 3.05) is 0 Å². The lowest BCUT2D eigenvalue weighted by molar-refractivity contribution is -0.125. The van der Waals surface area contributed by atoms with Gasteiger partial charge in [-0.2, -0.15) is 5.10 Å². The average molecular weight is 348 g/mol. The summed E-state index contributed by atoms with van der Waals surface area (Å²) in [5.74, 6) is 0.00676. The minimum Gasteiger partial charge on any atom is -0.347 e. The molecule has 0 saturated carbocycles. The number of carbonyl (C=O) groups excluding carboxylic acids is 1. The first-order valence-corrected chi connectivity index (χ1v) is 8.02. The number of amides is 1. The number of hydrogen-bond donors (Lipinski definition) is 1. The third kappa shape index (κ3) is 3.02. The molecule has 2 aromatic rings. The lowest BCUT2D eigenvalue weighted by Crippen LogP contribution is -2.35. The lowest BCUT2D eigenvalue weighted by Gasteiger charge is -2.27. The Hall–Kier alpha value is -1.62. The van der Waals surface area contributed by atoms with E-state index in [0.29, 0.717) is 0 Å². The Labute approximate surface area is 132 Å². The Morgan fingerprint density at radius 2 is 2.29 bits per heavy atom. The first-order chi connectivity index (χ1) is 10.1. The van der Waals surface area contributed by atoms with E-state index < -0.39 is 0 Å². The molecule has 3 rings (SSSR count). The zero-order chi connectivity index (χ0) is 14.8. The molecule has 110 valence electrons. The Bertz CT molecular complexity index is 652. The Morgan fingerprint density at radius 3 is 3.05 bits per heavy atom. The van der Waals surface area contributed by atoms with Crippen LogP contribution < -0.4 is 5.32 Å². The maximum atomic E-state index is 12.4. The highest BCUT2D eigenvalue weighted by Gasteiger charge is 2.24. The third-order valence-electron chi connectivity index (χ3n) is 4.03. The SMILES string of the molecule is CC(C(=O)NC1CCCc2ccccc21)n1cc(Br)cn1. The molecule has 1 heterocycles.